The molecule has 0 spiro atoms. The highest BCUT2D eigenvalue weighted by atomic mass is 16.6. The highest BCUT2D eigenvalue weighted by Crippen LogP contribution is 2.23. The van der Waals surface area contributed by atoms with Gasteiger partial charge in [0.2, 0.25) is 0 Å². The molecule has 114 valence electrons. The van der Waals surface area contributed by atoms with Gasteiger partial charge >= 0.3 is 12.1 Å². The largest absolute Gasteiger partial charge is 0.480 e. The van der Waals surface area contributed by atoms with Crippen LogP contribution in [-0.2, 0) is 16.1 Å². The van der Waals surface area contributed by atoms with E-state index < -0.39 is 17.6 Å². The lowest BCUT2D eigenvalue weighted by Crippen LogP contribution is -2.75. The fourth-order valence-corrected chi connectivity index (χ4v) is 2.39. The molecule has 0 atom stereocenters. The highest BCUT2D eigenvalue weighted by molar-refractivity contribution is 5.84. The Kier molecular flexibility index (Phi) is 4.47. The topological polar surface area (TPSA) is 78.9 Å². The number of amides is 1. The molecule has 1 heterocycles. The number of carbonyl (C=O) groups is 2. The van der Waals surface area contributed by atoms with E-state index in [2.05, 4.69) is 5.32 Å². The third-order valence-electron chi connectivity index (χ3n) is 3.36. The van der Waals surface area contributed by atoms with Crippen LogP contribution >= 0.6 is 0 Å². The van der Waals surface area contributed by atoms with Crippen molar-refractivity contribution in [2.75, 3.05) is 13.1 Å². The Bertz CT molecular complexity index is 510. The molecule has 0 aromatic heterocycles. The number of likely N-dealkylation sites (tertiary alicyclic amines) is 1. The lowest BCUT2D eigenvalue weighted by atomic mass is 9.89. The zero-order valence-corrected chi connectivity index (χ0v) is 12.2. The molecule has 21 heavy (non-hydrogen) atoms. The van der Waals surface area contributed by atoms with E-state index in [0.29, 0.717) is 0 Å². The third kappa shape index (κ3) is 3.52. The average molecular weight is 292 g/mol. The van der Waals surface area contributed by atoms with Crippen molar-refractivity contribution in [1.29, 1.82) is 0 Å². The minimum absolute atomic E-state index is 0.0311. The number of carbonyl (C=O) groups excluding carboxylic acids is 1. The molecule has 1 saturated heterocycles. The molecular weight excluding hydrogens is 272 g/mol. The molecule has 1 fully saturated rings. The molecule has 1 amide bonds. The van der Waals surface area contributed by atoms with Crippen LogP contribution in [0.5, 0.6) is 0 Å². The van der Waals surface area contributed by atoms with Crippen molar-refractivity contribution in [1.82, 2.24) is 10.2 Å². The molecule has 2 rings (SSSR count). The average Bonchev–Trinajstić information content (AvgIpc) is 2.40. The summed E-state index contributed by atoms with van der Waals surface area (Å²) in [5, 5.41) is 12.3. The Morgan fingerprint density at radius 2 is 1.95 bits per heavy atom. The molecule has 1 aliphatic heterocycles. The van der Waals surface area contributed by atoms with Crippen LogP contribution in [0, 0.1) is 0 Å². The second-order valence-corrected chi connectivity index (χ2v) is 5.58. The standard InChI is InChI=1S/C15H20N2O4/c1-11(2)16-15(13(18)19)9-17(10-15)14(20)21-8-12-6-4-3-5-7-12/h3-7,11,16H,8-10H2,1-2H3,(H,18,19). The summed E-state index contributed by atoms with van der Waals surface area (Å²) in [5.41, 5.74) is -0.156. The van der Waals surface area contributed by atoms with Gasteiger partial charge in [0.15, 0.2) is 5.54 Å². The summed E-state index contributed by atoms with van der Waals surface area (Å²) in [4.78, 5) is 24.6. The maximum absolute atomic E-state index is 11.9. The van der Waals surface area contributed by atoms with E-state index in [9.17, 15) is 14.7 Å². The smallest absolute Gasteiger partial charge is 0.410 e. The first-order valence-corrected chi connectivity index (χ1v) is 6.90. The Labute approximate surface area is 123 Å². The summed E-state index contributed by atoms with van der Waals surface area (Å²) < 4.78 is 5.18. The molecule has 2 N–H and O–H groups in total. The predicted molar refractivity (Wildman–Crippen MR) is 76.8 cm³/mol. The molecule has 1 aromatic carbocycles. The Hall–Kier alpha value is -2.08. The Morgan fingerprint density at radius 3 is 2.48 bits per heavy atom. The molecular formula is C15H20N2O4. The van der Waals surface area contributed by atoms with Crippen molar-refractivity contribution in [2.45, 2.75) is 32.0 Å². The number of carboxylic acids is 1. The van der Waals surface area contributed by atoms with Crippen LogP contribution in [0.2, 0.25) is 0 Å². The number of benzene rings is 1. The van der Waals surface area contributed by atoms with Crippen molar-refractivity contribution >= 4 is 12.1 Å². The lowest BCUT2D eigenvalue weighted by Gasteiger charge is -2.47. The van der Waals surface area contributed by atoms with Gasteiger partial charge in [0, 0.05) is 6.04 Å². The van der Waals surface area contributed by atoms with Crippen molar-refractivity contribution in [2.24, 2.45) is 0 Å². The van der Waals surface area contributed by atoms with E-state index in [-0.39, 0.29) is 25.7 Å². The molecule has 0 aliphatic carbocycles. The molecule has 0 radical (unpaired) electrons. The monoisotopic (exact) mass is 292 g/mol. The van der Waals surface area contributed by atoms with Crippen molar-refractivity contribution in [3.63, 3.8) is 0 Å². The quantitative estimate of drug-likeness (QED) is 0.859. The van der Waals surface area contributed by atoms with Gasteiger partial charge in [0.1, 0.15) is 6.61 Å². The maximum atomic E-state index is 11.9. The highest BCUT2D eigenvalue weighted by Gasteiger charge is 2.52. The second-order valence-electron chi connectivity index (χ2n) is 5.58. The van der Waals surface area contributed by atoms with Gasteiger partial charge in [-0.15, -0.1) is 0 Å². The third-order valence-corrected chi connectivity index (χ3v) is 3.36. The van der Waals surface area contributed by atoms with Gasteiger partial charge in [-0.05, 0) is 19.4 Å². The molecule has 0 saturated carbocycles. The van der Waals surface area contributed by atoms with Gasteiger partial charge in [-0.2, -0.15) is 0 Å². The number of nitrogens with zero attached hydrogens (tertiary/aromatic N) is 1. The first-order chi connectivity index (χ1) is 9.93. The molecule has 6 nitrogen and oxygen atoms in total. The van der Waals surface area contributed by atoms with Crippen molar-refractivity contribution in [3.05, 3.63) is 35.9 Å². The first kappa shape index (κ1) is 15.3. The van der Waals surface area contributed by atoms with Crippen LogP contribution < -0.4 is 5.32 Å². The van der Waals surface area contributed by atoms with E-state index >= 15 is 0 Å². The minimum atomic E-state index is -1.06. The van der Waals surface area contributed by atoms with Crippen LogP contribution in [0.1, 0.15) is 19.4 Å². The van der Waals surface area contributed by atoms with Crippen molar-refractivity contribution < 1.29 is 19.4 Å². The minimum Gasteiger partial charge on any atom is -0.480 e. The maximum Gasteiger partial charge on any atom is 0.410 e. The van der Waals surface area contributed by atoms with Crippen molar-refractivity contribution in [3.8, 4) is 0 Å². The Morgan fingerprint density at radius 1 is 1.33 bits per heavy atom. The van der Waals surface area contributed by atoms with Gasteiger partial charge in [-0.3, -0.25) is 10.1 Å². The van der Waals surface area contributed by atoms with Crippen LogP contribution in [0.4, 0.5) is 4.79 Å². The summed E-state index contributed by atoms with van der Waals surface area (Å²) in [6.07, 6.45) is -0.485. The van der Waals surface area contributed by atoms with Crippen LogP contribution in [0.25, 0.3) is 0 Å². The first-order valence-electron chi connectivity index (χ1n) is 6.90. The van der Waals surface area contributed by atoms with E-state index in [1.54, 1.807) is 0 Å². The number of hydrogen-bond acceptors (Lipinski definition) is 4. The van der Waals surface area contributed by atoms with E-state index in [0.717, 1.165) is 5.56 Å². The van der Waals surface area contributed by atoms with Crippen LogP contribution in [0.3, 0.4) is 0 Å². The summed E-state index contributed by atoms with van der Waals surface area (Å²) in [6.45, 7) is 4.18. The van der Waals surface area contributed by atoms with Gasteiger partial charge in [-0.1, -0.05) is 30.3 Å². The number of carboxylic acid groups (broad SMARTS) is 1. The predicted octanol–water partition coefficient (Wildman–Crippen LogP) is 1.46. The second kappa shape index (κ2) is 6.13. The lowest BCUT2D eigenvalue weighted by molar-refractivity contribution is -0.152. The zero-order valence-electron chi connectivity index (χ0n) is 12.2. The van der Waals surface area contributed by atoms with Crippen LogP contribution in [-0.4, -0.2) is 46.7 Å². The fraction of sp³-hybridized carbons (Fsp3) is 0.467. The number of nitrogens with one attached hydrogen (secondary N) is 1. The Balaban J connectivity index is 1.85. The van der Waals surface area contributed by atoms with Gasteiger partial charge in [0.25, 0.3) is 0 Å². The number of rotatable bonds is 5. The van der Waals surface area contributed by atoms with Gasteiger partial charge in [-0.25, -0.2) is 4.79 Å². The van der Waals surface area contributed by atoms with Gasteiger partial charge in [0.05, 0.1) is 13.1 Å². The van der Waals surface area contributed by atoms with E-state index in [1.807, 2.05) is 44.2 Å². The zero-order chi connectivity index (χ0) is 15.5. The number of ether oxygens (including phenoxy) is 1. The molecule has 1 aromatic rings. The van der Waals surface area contributed by atoms with Gasteiger partial charge < -0.3 is 14.7 Å². The molecule has 0 bridgehead atoms. The molecule has 0 unspecified atom stereocenters. The SMILES string of the molecule is CC(C)NC1(C(=O)O)CN(C(=O)OCc2ccccc2)C1. The summed E-state index contributed by atoms with van der Waals surface area (Å²) in [6, 6.07) is 9.39. The fourth-order valence-electron chi connectivity index (χ4n) is 2.39. The van der Waals surface area contributed by atoms with E-state index in [4.69, 9.17) is 4.74 Å². The number of hydrogen-bond donors (Lipinski definition) is 2. The van der Waals surface area contributed by atoms with Crippen LogP contribution in [0.15, 0.2) is 30.3 Å². The number of aliphatic carboxylic acids is 1. The summed E-state index contributed by atoms with van der Waals surface area (Å²) in [5.74, 6) is -0.941. The summed E-state index contributed by atoms with van der Waals surface area (Å²) >= 11 is 0. The molecule has 1 aliphatic rings. The normalized spacial score (nSPS) is 16.4. The molecule has 6 heteroatoms. The van der Waals surface area contributed by atoms with E-state index in [1.165, 1.54) is 4.90 Å². The summed E-state index contributed by atoms with van der Waals surface area (Å²) in [7, 11) is 0.